The minimum atomic E-state index is -0.624. The molecule has 0 spiro atoms. The number of thioether (sulfide) groups is 1. The Morgan fingerprint density at radius 2 is 1.78 bits per heavy atom. The number of carbonyl (C=O) groups excluding carboxylic acids is 1. The lowest BCUT2D eigenvalue weighted by Crippen LogP contribution is -2.08. The number of carbonyl (C=O) groups is 1. The van der Waals surface area contributed by atoms with E-state index in [-0.39, 0.29) is 15.9 Å². The van der Waals surface area contributed by atoms with Gasteiger partial charge in [0.1, 0.15) is 16.4 Å². The molecular weight excluding hydrogens is 364 g/mol. The van der Waals surface area contributed by atoms with Crippen molar-refractivity contribution in [2.75, 3.05) is 7.11 Å². The first kappa shape index (κ1) is 18.8. The second kappa shape index (κ2) is 8.14. The van der Waals surface area contributed by atoms with Gasteiger partial charge in [0.2, 0.25) is 0 Å². The fourth-order valence-corrected chi connectivity index (χ4v) is 3.71. The number of benzene rings is 2. The van der Waals surface area contributed by atoms with E-state index in [1.165, 1.54) is 13.2 Å². The number of rotatable bonds is 5. The summed E-state index contributed by atoms with van der Waals surface area (Å²) in [5, 5.41) is 10.1. The number of esters is 1. The van der Waals surface area contributed by atoms with Gasteiger partial charge in [0.25, 0.3) is 0 Å². The van der Waals surface area contributed by atoms with Gasteiger partial charge in [0, 0.05) is 16.9 Å². The Kier molecular flexibility index (Phi) is 5.66. The predicted molar refractivity (Wildman–Crippen MR) is 104 cm³/mol. The number of ether oxygens (including phenoxy) is 1. The molecule has 3 rings (SSSR count). The van der Waals surface area contributed by atoms with Gasteiger partial charge in [-0.1, -0.05) is 48.5 Å². The lowest BCUT2D eigenvalue weighted by atomic mass is 10.1. The van der Waals surface area contributed by atoms with Crippen LogP contribution in [0.2, 0.25) is 0 Å². The Bertz CT molecular complexity index is 1010. The Morgan fingerprint density at radius 3 is 2.44 bits per heavy atom. The summed E-state index contributed by atoms with van der Waals surface area (Å²) >= 11 is 1.13. The number of methoxy groups -OCH3 is 1. The molecule has 0 aliphatic rings. The molecule has 2 aromatic carbocycles. The maximum atomic E-state index is 12.4. The van der Waals surface area contributed by atoms with Crippen molar-refractivity contribution in [2.45, 2.75) is 17.1 Å². The third-order valence-corrected chi connectivity index (χ3v) is 5.26. The average Bonchev–Trinajstić information content (AvgIpc) is 2.70. The lowest BCUT2D eigenvalue weighted by molar-refractivity contribution is 0.0599. The van der Waals surface area contributed by atoms with Gasteiger partial charge in [-0.2, -0.15) is 0 Å². The highest BCUT2D eigenvalue weighted by molar-refractivity contribution is 7.99. The fourth-order valence-electron chi connectivity index (χ4n) is 2.71. The lowest BCUT2D eigenvalue weighted by Gasteiger charge is -2.15. The minimum absolute atomic E-state index is 0.0989. The SMILES string of the molecule is COC(=O)c1ccccc1C(C)Sc1c(O)cc(-c2ccccc2)oc1=O. The molecule has 3 aromatic rings. The molecule has 0 saturated heterocycles. The molecule has 0 aliphatic heterocycles. The molecule has 1 N–H and O–H groups in total. The normalized spacial score (nSPS) is 11.8. The quantitative estimate of drug-likeness (QED) is 0.511. The van der Waals surface area contributed by atoms with Crippen LogP contribution in [0.4, 0.5) is 0 Å². The zero-order chi connectivity index (χ0) is 19.4. The van der Waals surface area contributed by atoms with Crippen LogP contribution < -0.4 is 5.63 Å². The first-order valence-electron chi connectivity index (χ1n) is 8.27. The van der Waals surface area contributed by atoms with E-state index in [0.717, 1.165) is 11.8 Å². The minimum Gasteiger partial charge on any atom is -0.506 e. The molecule has 0 aliphatic carbocycles. The van der Waals surface area contributed by atoms with Crippen molar-refractivity contribution in [3.8, 4) is 17.1 Å². The van der Waals surface area contributed by atoms with Gasteiger partial charge in [-0.25, -0.2) is 9.59 Å². The third-order valence-electron chi connectivity index (χ3n) is 4.05. The summed E-state index contributed by atoms with van der Waals surface area (Å²) in [6, 6.07) is 17.5. The van der Waals surface area contributed by atoms with Gasteiger partial charge >= 0.3 is 11.6 Å². The summed E-state index contributed by atoms with van der Waals surface area (Å²) < 4.78 is 10.2. The molecule has 1 unspecified atom stereocenters. The van der Waals surface area contributed by atoms with E-state index < -0.39 is 11.6 Å². The van der Waals surface area contributed by atoms with Crippen molar-refractivity contribution in [1.29, 1.82) is 0 Å². The van der Waals surface area contributed by atoms with E-state index in [1.807, 2.05) is 25.1 Å². The molecule has 0 amide bonds. The summed E-state index contributed by atoms with van der Waals surface area (Å²) in [6.07, 6.45) is 0. The first-order valence-corrected chi connectivity index (χ1v) is 9.15. The van der Waals surface area contributed by atoms with Gasteiger partial charge in [0.15, 0.2) is 0 Å². The zero-order valence-electron chi connectivity index (χ0n) is 14.8. The summed E-state index contributed by atoms with van der Waals surface area (Å²) in [7, 11) is 1.32. The molecule has 1 atom stereocenters. The maximum absolute atomic E-state index is 12.4. The van der Waals surface area contributed by atoms with Crippen LogP contribution in [0.25, 0.3) is 11.3 Å². The molecule has 138 valence electrons. The average molecular weight is 382 g/mol. The molecule has 1 heterocycles. The van der Waals surface area contributed by atoms with Crippen LogP contribution in [0.5, 0.6) is 5.75 Å². The van der Waals surface area contributed by atoms with Crippen LogP contribution in [-0.4, -0.2) is 18.2 Å². The van der Waals surface area contributed by atoms with Gasteiger partial charge in [-0.15, -0.1) is 11.8 Å². The van der Waals surface area contributed by atoms with Crippen LogP contribution in [0.3, 0.4) is 0 Å². The molecule has 1 aromatic heterocycles. The van der Waals surface area contributed by atoms with Crippen molar-refractivity contribution in [1.82, 2.24) is 0 Å². The largest absolute Gasteiger partial charge is 0.506 e. The molecular formula is C21H18O5S. The fraction of sp³-hybridized carbons (Fsp3) is 0.143. The van der Waals surface area contributed by atoms with Crippen molar-refractivity contribution in [2.24, 2.45) is 0 Å². The van der Waals surface area contributed by atoms with Gasteiger partial charge in [-0.05, 0) is 18.6 Å². The Balaban J connectivity index is 1.93. The van der Waals surface area contributed by atoms with Crippen molar-refractivity contribution in [3.63, 3.8) is 0 Å². The van der Waals surface area contributed by atoms with Crippen molar-refractivity contribution < 1.29 is 19.1 Å². The highest BCUT2D eigenvalue weighted by Gasteiger charge is 2.21. The summed E-state index contributed by atoms with van der Waals surface area (Å²) in [6.45, 7) is 1.84. The molecule has 0 radical (unpaired) electrons. The first-order chi connectivity index (χ1) is 13.0. The van der Waals surface area contributed by atoms with E-state index >= 15 is 0 Å². The highest BCUT2D eigenvalue weighted by Crippen LogP contribution is 2.39. The van der Waals surface area contributed by atoms with Crippen LogP contribution in [-0.2, 0) is 4.74 Å². The van der Waals surface area contributed by atoms with E-state index in [0.29, 0.717) is 22.5 Å². The molecule has 0 saturated carbocycles. The van der Waals surface area contributed by atoms with E-state index in [1.54, 1.807) is 36.4 Å². The van der Waals surface area contributed by atoms with Gasteiger partial charge in [-0.3, -0.25) is 0 Å². The monoisotopic (exact) mass is 382 g/mol. The number of hydrogen-bond donors (Lipinski definition) is 1. The molecule has 27 heavy (non-hydrogen) atoms. The molecule has 0 fully saturated rings. The van der Waals surface area contributed by atoms with Crippen LogP contribution in [0.15, 0.2) is 74.8 Å². The number of aromatic hydroxyl groups is 1. The predicted octanol–water partition coefficient (Wildman–Crippen LogP) is 4.65. The summed E-state index contributed by atoms with van der Waals surface area (Å²) in [5.41, 5.74) is 1.21. The van der Waals surface area contributed by atoms with Crippen molar-refractivity contribution in [3.05, 3.63) is 82.2 Å². The molecule has 0 bridgehead atoms. The second-order valence-corrected chi connectivity index (χ2v) is 7.17. The third kappa shape index (κ3) is 4.06. The maximum Gasteiger partial charge on any atom is 0.353 e. The zero-order valence-corrected chi connectivity index (χ0v) is 15.7. The van der Waals surface area contributed by atoms with Crippen molar-refractivity contribution >= 4 is 17.7 Å². The molecule has 6 heteroatoms. The van der Waals surface area contributed by atoms with E-state index in [2.05, 4.69) is 0 Å². The van der Waals surface area contributed by atoms with Crippen LogP contribution in [0, 0.1) is 0 Å². The topological polar surface area (TPSA) is 76.7 Å². The van der Waals surface area contributed by atoms with E-state index in [9.17, 15) is 14.7 Å². The Hall–Kier alpha value is -2.99. The second-order valence-electron chi connectivity index (χ2n) is 5.82. The van der Waals surface area contributed by atoms with E-state index in [4.69, 9.17) is 9.15 Å². The van der Waals surface area contributed by atoms with Gasteiger partial charge < -0.3 is 14.3 Å². The van der Waals surface area contributed by atoms with Crippen LogP contribution >= 0.6 is 11.8 Å². The molecule has 5 nitrogen and oxygen atoms in total. The highest BCUT2D eigenvalue weighted by atomic mass is 32.2. The standard InChI is InChI=1S/C21H18O5S/c1-13(15-10-6-7-11-16(15)20(23)25-2)27-19-17(22)12-18(26-21(19)24)14-8-4-3-5-9-14/h3-13,22H,1-2H3. The summed E-state index contributed by atoms with van der Waals surface area (Å²) in [5.74, 6) is -0.309. The Labute approximate surface area is 160 Å². The smallest absolute Gasteiger partial charge is 0.353 e. The number of hydrogen-bond acceptors (Lipinski definition) is 6. The summed E-state index contributed by atoms with van der Waals surface area (Å²) in [4.78, 5) is 24.5. The Morgan fingerprint density at radius 1 is 1.11 bits per heavy atom. The van der Waals surface area contributed by atoms with Gasteiger partial charge in [0.05, 0.1) is 12.7 Å². The van der Waals surface area contributed by atoms with Crippen LogP contribution in [0.1, 0.15) is 28.1 Å².